The fraction of sp³-hybridized carbons (Fsp3) is 0.133. The molecule has 2 aromatic rings. The Bertz CT molecular complexity index is 885. The van der Waals surface area contributed by atoms with Crippen molar-refractivity contribution in [2.45, 2.75) is 6.42 Å². The molecule has 0 atom stereocenters. The van der Waals surface area contributed by atoms with E-state index in [-0.39, 0.29) is 16.9 Å². The standard InChI is InChI=1S/C15H10F2N2O6/c1-25-15-3-2-8(5-13(15)19(23)24)14(20)6-9-4-10(16)11(17)7-12(9)18(21)22/h2-5,7H,6H2,1H3. The number of nitro benzene ring substituents is 2. The quantitative estimate of drug-likeness (QED) is 0.448. The number of ether oxygens (including phenoxy) is 1. The van der Waals surface area contributed by atoms with Crippen LogP contribution in [0.15, 0.2) is 30.3 Å². The molecule has 130 valence electrons. The highest BCUT2D eigenvalue weighted by Gasteiger charge is 2.23. The number of nitro groups is 2. The Balaban J connectivity index is 2.41. The number of benzene rings is 2. The van der Waals surface area contributed by atoms with E-state index in [0.29, 0.717) is 12.1 Å². The third kappa shape index (κ3) is 3.74. The maximum absolute atomic E-state index is 13.3. The molecule has 0 radical (unpaired) electrons. The average molecular weight is 352 g/mol. The summed E-state index contributed by atoms with van der Waals surface area (Å²) >= 11 is 0. The van der Waals surface area contributed by atoms with Gasteiger partial charge in [-0.1, -0.05) is 0 Å². The molecule has 0 saturated heterocycles. The molecule has 0 aliphatic rings. The molecule has 2 aromatic carbocycles. The van der Waals surface area contributed by atoms with Gasteiger partial charge in [-0.05, 0) is 18.2 Å². The van der Waals surface area contributed by atoms with Gasteiger partial charge < -0.3 is 4.74 Å². The number of hydrogen-bond donors (Lipinski definition) is 0. The van der Waals surface area contributed by atoms with Crippen LogP contribution in [0.4, 0.5) is 20.2 Å². The van der Waals surface area contributed by atoms with Crippen molar-refractivity contribution in [3.05, 3.63) is 73.3 Å². The SMILES string of the molecule is COc1ccc(C(=O)Cc2cc(F)c(F)cc2[N+](=O)[O-])cc1[N+](=O)[O-]. The smallest absolute Gasteiger partial charge is 0.311 e. The summed E-state index contributed by atoms with van der Waals surface area (Å²) in [5, 5.41) is 21.9. The molecule has 0 aromatic heterocycles. The molecule has 0 unspecified atom stereocenters. The highest BCUT2D eigenvalue weighted by molar-refractivity contribution is 5.98. The summed E-state index contributed by atoms with van der Waals surface area (Å²) in [7, 11) is 1.22. The van der Waals surface area contributed by atoms with E-state index >= 15 is 0 Å². The fourth-order valence-corrected chi connectivity index (χ4v) is 2.17. The molecule has 0 aliphatic carbocycles. The van der Waals surface area contributed by atoms with Crippen molar-refractivity contribution in [3.8, 4) is 5.75 Å². The largest absolute Gasteiger partial charge is 0.490 e. The van der Waals surface area contributed by atoms with Gasteiger partial charge in [0.2, 0.25) is 0 Å². The predicted molar refractivity (Wildman–Crippen MR) is 80.7 cm³/mol. The molecule has 10 heteroatoms. The molecule has 0 spiro atoms. The van der Waals surface area contributed by atoms with Gasteiger partial charge in [-0.3, -0.25) is 25.0 Å². The first-order chi connectivity index (χ1) is 11.7. The molecule has 0 heterocycles. The van der Waals surface area contributed by atoms with Crippen LogP contribution < -0.4 is 4.74 Å². The number of rotatable bonds is 6. The second-order valence-corrected chi connectivity index (χ2v) is 4.90. The van der Waals surface area contributed by atoms with Crippen molar-refractivity contribution >= 4 is 17.2 Å². The van der Waals surface area contributed by atoms with E-state index in [1.54, 1.807) is 0 Å². The number of halogens is 2. The minimum Gasteiger partial charge on any atom is -0.490 e. The van der Waals surface area contributed by atoms with Gasteiger partial charge in [-0.25, -0.2) is 8.78 Å². The minimum absolute atomic E-state index is 0.0691. The van der Waals surface area contributed by atoms with Crippen LogP contribution in [0, 0.1) is 31.9 Å². The Kier molecular flexibility index (Phi) is 5.01. The molecule has 2 rings (SSSR count). The number of methoxy groups -OCH3 is 1. The van der Waals surface area contributed by atoms with E-state index in [0.717, 1.165) is 6.07 Å². The Morgan fingerprint density at radius 2 is 1.64 bits per heavy atom. The van der Waals surface area contributed by atoms with Crippen LogP contribution in [-0.4, -0.2) is 22.7 Å². The summed E-state index contributed by atoms with van der Waals surface area (Å²) in [6.07, 6.45) is -0.628. The normalized spacial score (nSPS) is 10.4. The summed E-state index contributed by atoms with van der Waals surface area (Å²) in [4.78, 5) is 32.5. The van der Waals surface area contributed by atoms with Crippen LogP contribution in [-0.2, 0) is 6.42 Å². The summed E-state index contributed by atoms with van der Waals surface area (Å²) in [5.41, 5.74) is -1.68. The van der Waals surface area contributed by atoms with E-state index in [9.17, 15) is 33.8 Å². The maximum atomic E-state index is 13.3. The van der Waals surface area contributed by atoms with Crippen LogP contribution in [0.5, 0.6) is 5.75 Å². The molecule has 0 amide bonds. The lowest BCUT2D eigenvalue weighted by Crippen LogP contribution is -2.08. The number of hydrogen-bond acceptors (Lipinski definition) is 6. The average Bonchev–Trinajstić information content (AvgIpc) is 2.56. The predicted octanol–water partition coefficient (Wildman–Crippen LogP) is 3.22. The minimum atomic E-state index is -1.41. The van der Waals surface area contributed by atoms with Crippen molar-refractivity contribution in [1.29, 1.82) is 0 Å². The molecular formula is C15H10F2N2O6. The maximum Gasteiger partial charge on any atom is 0.311 e. The number of carbonyl (C=O) groups is 1. The van der Waals surface area contributed by atoms with E-state index in [4.69, 9.17) is 4.74 Å². The van der Waals surface area contributed by atoms with Crippen LogP contribution in [0.3, 0.4) is 0 Å². The number of carbonyl (C=O) groups excluding carboxylic acids is 1. The Labute approximate surface area is 138 Å². The summed E-state index contributed by atoms with van der Waals surface area (Å²) in [5.74, 6) is -3.56. The molecule has 0 saturated carbocycles. The third-order valence-corrected chi connectivity index (χ3v) is 3.37. The van der Waals surface area contributed by atoms with E-state index in [1.165, 1.54) is 19.2 Å². The van der Waals surface area contributed by atoms with E-state index in [1.807, 2.05) is 0 Å². The molecule has 0 fully saturated rings. The highest BCUT2D eigenvalue weighted by atomic mass is 19.2. The highest BCUT2D eigenvalue weighted by Crippen LogP contribution is 2.29. The lowest BCUT2D eigenvalue weighted by molar-refractivity contribution is -0.385. The van der Waals surface area contributed by atoms with Crippen LogP contribution in [0.25, 0.3) is 0 Å². The van der Waals surface area contributed by atoms with Gasteiger partial charge in [0.1, 0.15) is 0 Å². The topological polar surface area (TPSA) is 113 Å². The molecule has 25 heavy (non-hydrogen) atoms. The lowest BCUT2D eigenvalue weighted by Gasteiger charge is -2.06. The summed E-state index contributed by atoms with van der Waals surface area (Å²) in [6, 6.07) is 4.33. The fourth-order valence-electron chi connectivity index (χ4n) is 2.17. The van der Waals surface area contributed by atoms with Gasteiger partial charge in [-0.2, -0.15) is 0 Å². The molecule has 0 bridgehead atoms. The van der Waals surface area contributed by atoms with Crippen molar-refractivity contribution in [3.63, 3.8) is 0 Å². The Morgan fingerprint density at radius 3 is 2.20 bits per heavy atom. The van der Waals surface area contributed by atoms with Gasteiger partial charge >= 0.3 is 5.69 Å². The van der Waals surface area contributed by atoms with E-state index < -0.39 is 45.1 Å². The number of Topliss-reactive ketones (excluding diaryl/α,β-unsaturated/α-hetero) is 1. The van der Waals surface area contributed by atoms with E-state index in [2.05, 4.69) is 0 Å². The van der Waals surface area contributed by atoms with Crippen molar-refractivity contribution in [2.24, 2.45) is 0 Å². The van der Waals surface area contributed by atoms with Gasteiger partial charge in [0.25, 0.3) is 5.69 Å². The third-order valence-electron chi connectivity index (χ3n) is 3.37. The van der Waals surface area contributed by atoms with Crippen molar-refractivity contribution in [2.75, 3.05) is 7.11 Å². The molecule has 0 N–H and O–H groups in total. The van der Waals surface area contributed by atoms with Crippen LogP contribution in [0.1, 0.15) is 15.9 Å². The number of ketones is 1. The summed E-state index contributed by atoms with van der Waals surface area (Å²) in [6.45, 7) is 0. The van der Waals surface area contributed by atoms with Crippen LogP contribution >= 0.6 is 0 Å². The van der Waals surface area contributed by atoms with Crippen LogP contribution in [0.2, 0.25) is 0 Å². The zero-order valence-corrected chi connectivity index (χ0v) is 12.7. The first kappa shape index (κ1) is 17.9. The molecule has 0 aliphatic heterocycles. The van der Waals surface area contributed by atoms with Gasteiger partial charge in [0.15, 0.2) is 23.2 Å². The first-order valence-electron chi connectivity index (χ1n) is 6.72. The lowest BCUT2D eigenvalue weighted by atomic mass is 10.0. The second-order valence-electron chi connectivity index (χ2n) is 4.90. The zero-order valence-electron chi connectivity index (χ0n) is 12.7. The summed E-state index contributed by atoms with van der Waals surface area (Å²) < 4.78 is 31.3. The Morgan fingerprint density at radius 1 is 1.04 bits per heavy atom. The Hall–Kier alpha value is -3.43. The zero-order chi connectivity index (χ0) is 18.7. The van der Waals surface area contributed by atoms with Gasteiger partial charge in [0.05, 0.1) is 23.0 Å². The molecular weight excluding hydrogens is 342 g/mol. The first-order valence-corrected chi connectivity index (χ1v) is 6.72. The van der Waals surface area contributed by atoms with Crippen molar-refractivity contribution in [1.82, 2.24) is 0 Å². The van der Waals surface area contributed by atoms with Gasteiger partial charge in [-0.15, -0.1) is 0 Å². The molecule has 8 nitrogen and oxygen atoms in total. The monoisotopic (exact) mass is 352 g/mol. The number of nitrogens with zero attached hydrogens (tertiary/aromatic N) is 2. The van der Waals surface area contributed by atoms with Crippen molar-refractivity contribution < 1.29 is 28.2 Å². The second kappa shape index (κ2) is 6.99. The van der Waals surface area contributed by atoms with Gasteiger partial charge in [0, 0.05) is 23.6 Å².